The first-order chi connectivity index (χ1) is 8.79. The van der Waals surface area contributed by atoms with Crippen molar-refractivity contribution in [3.63, 3.8) is 0 Å². The summed E-state index contributed by atoms with van der Waals surface area (Å²) in [5, 5.41) is 9.28. The second-order valence-corrected chi connectivity index (χ2v) is 4.39. The summed E-state index contributed by atoms with van der Waals surface area (Å²) in [5.41, 5.74) is -1.69. The molecule has 0 unspecified atom stereocenters. The summed E-state index contributed by atoms with van der Waals surface area (Å²) in [4.78, 5) is 13.0. The van der Waals surface area contributed by atoms with E-state index < -0.39 is 35.1 Å². The molecule has 19 heavy (non-hydrogen) atoms. The number of benzene rings is 1. The van der Waals surface area contributed by atoms with E-state index in [1.54, 1.807) is 0 Å². The molecule has 0 saturated carbocycles. The molecule has 1 aromatic carbocycles. The molecule has 0 aliphatic carbocycles. The molecule has 0 radical (unpaired) electrons. The number of β-amino-alcohol motifs (C(OH)–C–C–N with tert-alkyl or cyclic N) is 1. The van der Waals surface area contributed by atoms with Gasteiger partial charge in [0, 0.05) is 13.1 Å². The number of aliphatic hydroxyl groups excluding tert-OH is 1. The third-order valence-corrected chi connectivity index (χ3v) is 2.97. The Balaban J connectivity index is 2.31. The van der Waals surface area contributed by atoms with E-state index in [4.69, 9.17) is 0 Å². The number of halogens is 4. The molecule has 1 atom stereocenters. The Labute approximate surface area is 106 Å². The van der Waals surface area contributed by atoms with Crippen molar-refractivity contribution < 1.29 is 27.5 Å². The molecule has 1 heterocycles. The second-order valence-electron chi connectivity index (χ2n) is 4.39. The molecule has 7 heteroatoms. The van der Waals surface area contributed by atoms with Crippen LogP contribution >= 0.6 is 0 Å². The quantitative estimate of drug-likeness (QED) is 0.798. The van der Waals surface area contributed by atoms with E-state index in [0.717, 1.165) is 4.90 Å². The number of alkyl halides is 3. The smallest absolute Gasteiger partial charge is 0.391 e. The lowest BCUT2D eigenvalue weighted by atomic mass is 10.1. The van der Waals surface area contributed by atoms with Crippen LogP contribution in [0.2, 0.25) is 0 Å². The normalized spacial score (nSPS) is 19.8. The summed E-state index contributed by atoms with van der Waals surface area (Å²) in [6, 6.07) is 1.72. The zero-order valence-corrected chi connectivity index (χ0v) is 9.75. The minimum absolute atomic E-state index is 0.00845. The average molecular weight is 277 g/mol. The topological polar surface area (TPSA) is 40.5 Å². The molecule has 1 aromatic rings. The first-order valence-electron chi connectivity index (χ1n) is 5.63. The number of likely N-dealkylation sites (tertiary alicyclic amines) is 1. The average Bonchev–Trinajstić information content (AvgIpc) is 2.74. The number of amides is 1. The summed E-state index contributed by atoms with van der Waals surface area (Å²) in [5.74, 6) is -1.83. The largest absolute Gasteiger partial charge is 0.416 e. The van der Waals surface area contributed by atoms with E-state index in [0.29, 0.717) is 24.6 Å². The Bertz CT molecular complexity index is 501. The fourth-order valence-electron chi connectivity index (χ4n) is 1.96. The predicted octanol–water partition coefficient (Wildman–Crippen LogP) is 2.05. The molecule has 2 rings (SSSR count). The van der Waals surface area contributed by atoms with Crippen LogP contribution in [-0.4, -0.2) is 35.1 Å². The van der Waals surface area contributed by atoms with E-state index in [-0.39, 0.29) is 13.1 Å². The monoisotopic (exact) mass is 277 g/mol. The zero-order chi connectivity index (χ0) is 14.2. The van der Waals surface area contributed by atoms with Gasteiger partial charge in [0.1, 0.15) is 5.82 Å². The molecule has 0 aromatic heterocycles. The Morgan fingerprint density at radius 3 is 2.58 bits per heavy atom. The molecule has 1 fully saturated rings. The van der Waals surface area contributed by atoms with Gasteiger partial charge in [0.15, 0.2) is 0 Å². The maximum absolute atomic E-state index is 13.5. The number of rotatable bonds is 1. The molecule has 1 aliphatic heterocycles. The third kappa shape index (κ3) is 2.86. The standard InChI is InChI=1S/C12H11F4NO2/c13-10-2-1-7(12(14,15)16)5-9(10)11(19)17-4-3-8(18)6-17/h1-2,5,8,18H,3-4,6H2/t8-/m0/s1. The molecule has 1 saturated heterocycles. The number of hydrogen-bond donors (Lipinski definition) is 1. The van der Waals surface area contributed by atoms with Gasteiger partial charge in [-0.1, -0.05) is 0 Å². The van der Waals surface area contributed by atoms with Crippen molar-refractivity contribution in [3.8, 4) is 0 Å². The van der Waals surface area contributed by atoms with Gasteiger partial charge in [-0.05, 0) is 24.6 Å². The Morgan fingerprint density at radius 1 is 1.37 bits per heavy atom. The minimum atomic E-state index is -4.63. The van der Waals surface area contributed by atoms with Crippen LogP contribution in [0.5, 0.6) is 0 Å². The molecular weight excluding hydrogens is 266 g/mol. The molecule has 1 amide bonds. The number of aliphatic hydroxyl groups is 1. The van der Waals surface area contributed by atoms with Crippen molar-refractivity contribution in [2.75, 3.05) is 13.1 Å². The number of carbonyl (C=O) groups excluding carboxylic acids is 1. The van der Waals surface area contributed by atoms with Gasteiger partial charge in [-0.15, -0.1) is 0 Å². The van der Waals surface area contributed by atoms with E-state index in [1.807, 2.05) is 0 Å². The predicted molar refractivity (Wildman–Crippen MR) is 57.9 cm³/mol. The number of hydrogen-bond acceptors (Lipinski definition) is 2. The van der Waals surface area contributed by atoms with Crippen molar-refractivity contribution >= 4 is 5.91 Å². The van der Waals surface area contributed by atoms with E-state index in [2.05, 4.69) is 0 Å². The van der Waals surface area contributed by atoms with E-state index in [1.165, 1.54) is 0 Å². The highest BCUT2D eigenvalue weighted by Crippen LogP contribution is 2.30. The Hall–Kier alpha value is -1.63. The van der Waals surface area contributed by atoms with Gasteiger partial charge in [-0.2, -0.15) is 13.2 Å². The second kappa shape index (κ2) is 4.80. The molecule has 1 aliphatic rings. The van der Waals surface area contributed by atoms with Gasteiger partial charge in [0.05, 0.1) is 17.2 Å². The Morgan fingerprint density at radius 2 is 2.05 bits per heavy atom. The minimum Gasteiger partial charge on any atom is -0.391 e. The van der Waals surface area contributed by atoms with Gasteiger partial charge in [0.25, 0.3) is 5.91 Å². The molecule has 0 spiro atoms. The summed E-state index contributed by atoms with van der Waals surface area (Å²) in [6.07, 6.45) is -5.00. The molecule has 0 bridgehead atoms. The van der Waals surface area contributed by atoms with Crippen LogP contribution in [0.4, 0.5) is 17.6 Å². The maximum Gasteiger partial charge on any atom is 0.416 e. The SMILES string of the molecule is O=C(c1cc(C(F)(F)F)ccc1F)N1CC[C@H](O)C1. The van der Waals surface area contributed by atoms with Crippen molar-refractivity contribution in [1.29, 1.82) is 0 Å². The fraction of sp³-hybridized carbons (Fsp3) is 0.417. The Kier molecular flexibility index (Phi) is 3.49. The van der Waals surface area contributed by atoms with Crippen molar-refractivity contribution in [3.05, 3.63) is 35.1 Å². The summed E-state index contributed by atoms with van der Waals surface area (Å²) in [7, 11) is 0. The third-order valence-electron chi connectivity index (χ3n) is 2.97. The van der Waals surface area contributed by atoms with E-state index >= 15 is 0 Å². The summed E-state index contributed by atoms with van der Waals surface area (Å²) in [6.45, 7) is 0.213. The molecule has 1 N–H and O–H groups in total. The van der Waals surface area contributed by atoms with Gasteiger partial charge in [-0.25, -0.2) is 4.39 Å². The lowest BCUT2D eigenvalue weighted by molar-refractivity contribution is -0.137. The van der Waals surface area contributed by atoms with Crippen LogP contribution in [0.15, 0.2) is 18.2 Å². The van der Waals surface area contributed by atoms with Crippen LogP contribution in [0.25, 0.3) is 0 Å². The molecule has 104 valence electrons. The van der Waals surface area contributed by atoms with Crippen molar-refractivity contribution in [2.45, 2.75) is 18.7 Å². The van der Waals surface area contributed by atoms with Gasteiger partial charge >= 0.3 is 6.18 Å². The number of carbonyl (C=O) groups is 1. The number of nitrogens with zero attached hydrogens (tertiary/aromatic N) is 1. The first kappa shape index (κ1) is 13.8. The maximum atomic E-state index is 13.5. The zero-order valence-electron chi connectivity index (χ0n) is 9.75. The lowest BCUT2D eigenvalue weighted by Crippen LogP contribution is -2.30. The van der Waals surface area contributed by atoms with Crippen molar-refractivity contribution in [1.82, 2.24) is 4.90 Å². The highest BCUT2D eigenvalue weighted by atomic mass is 19.4. The van der Waals surface area contributed by atoms with Crippen LogP contribution in [0.3, 0.4) is 0 Å². The highest BCUT2D eigenvalue weighted by molar-refractivity contribution is 5.95. The molecular formula is C12H11F4NO2. The van der Waals surface area contributed by atoms with E-state index in [9.17, 15) is 27.5 Å². The van der Waals surface area contributed by atoms with Crippen LogP contribution in [-0.2, 0) is 6.18 Å². The van der Waals surface area contributed by atoms with Crippen LogP contribution < -0.4 is 0 Å². The first-order valence-corrected chi connectivity index (χ1v) is 5.63. The molecule has 3 nitrogen and oxygen atoms in total. The van der Waals surface area contributed by atoms with Gasteiger partial charge < -0.3 is 10.0 Å². The van der Waals surface area contributed by atoms with Crippen LogP contribution in [0, 0.1) is 5.82 Å². The fourth-order valence-corrected chi connectivity index (χ4v) is 1.96. The van der Waals surface area contributed by atoms with Crippen molar-refractivity contribution in [2.24, 2.45) is 0 Å². The highest BCUT2D eigenvalue weighted by Gasteiger charge is 2.33. The summed E-state index contributed by atoms with van der Waals surface area (Å²) < 4.78 is 51.0. The van der Waals surface area contributed by atoms with Gasteiger partial charge in [-0.3, -0.25) is 4.79 Å². The lowest BCUT2D eigenvalue weighted by Gasteiger charge is -2.17. The van der Waals surface area contributed by atoms with Gasteiger partial charge in [0.2, 0.25) is 0 Å². The summed E-state index contributed by atoms with van der Waals surface area (Å²) >= 11 is 0. The van der Waals surface area contributed by atoms with Crippen LogP contribution in [0.1, 0.15) is 22.3 Å².